The normalized spacial score (nSPS) is 10.6. The molecule has 0 aliphatic rings. The summed E-state index contributed by atoms with van der Waals surface area (Å²) in [5.41, 5.74) is 1.74. The number of carbonyl (C=O) groups is 1. The van der Waals surface area contributed by atoms with Gasteiger partial charge in [-0.1, -0.05) is 47.6 Å². The average molecular weight is 404 g/mol. The van der Waals surface area contributed by atoms with Crippen LogP contribution in [-0.2, 0) is 11.3 Å². The number of rotatable bonds is 7. The molecule has 0 spiro atoms. The molecule has 0 bridgehead atoms. The summed E-state index contributed by atoms with van der Waals surface area (Å²) in [5.74, 6) is 7.37. The molecule has 0 saturated heterocycles. The molecule has 0 aliphatic carbocycles. The molecule has 0 aliphatic heterocycles. The standard InChI is InChI=1S/C18H18ClN5O2S/c1-26-15-7-5-12(6-8-15)10-21-16(25)11-27-18-23-22-17(24(18)20)13-3-2-4-14(19)9-13/h2-9H,10-11,20H2,1H3,(H,21,25). The van der Waals surface area contributed by atoms with Crippen LogP contribution in [-0.4, -0.2) is 33.6 Å². The van der Waals surface area contributed by atoms with E-state index in [4.69, 9.17) is 22.2 Å². The quantitative estimate of drug-likeness (QED) is 0.465. The number of nitrogen functional groups attached to an aromatic ring is 1. The van der Waals surface area contributed by atoms with Gasteiger partial charge in [-0.2, -0.15) is 0 Å². The van der Waals surface area contributed by atoms with Crippen molar-refractivity contribution in [1.29, 1.82) is 0 Å². The third kappa shape index (κ3) is 4.93. The fourth-order valence-electron chi connectivity index (χ4n) is 2.33. The number of halogens is 1. The van der Waals surface area contributed by atoms with Gasteiger partial charge in [0.25, 0.3) is 0 Å². The molecule has 0 atom stereocenters. The summed E-state index contributed by atoms with van der Waals surface area (Å²) in [6.45, 7) is 0.437. The van der Waals surface area contributed by atoms with E-state index >= 15 is 0 Å². The number of nitrogens with one attached hydrogen (secondary N) is 1. The fraction of sp³-hybridized carbons (Fsp3) is 0.167. The average Bonchev–Trinajstić information content (AvgIpc) is 3.05. The second-order valence-corrected chi connectivity index (χ2v) is 6.98. The van der Waals surface area contributed by atoms with Crippen molar-refractivity contribution in [2.45, 2.75) is 11.7 Å². The third-order valence-electron chi connectivity index (χ3n) is 3.73. The molecule has 0 radical (unpaired) electrons. The van der Waals surface area contributed by atoms with Crippen LogP contribution in [0.4, 0.5) is 0 Å². The SMILES string of the molecule is COc1ccc(CNC(=O)CSc2nnc(-c3cccc(Cl)c3)n2N)cc1. The number of amides is 1. The van der Waals surface area contributed by atoms with E-state index in [-0.39, 0.29) is 11.7 Å². The van der Waals surface area contributed by atoms with Crippen molar-refractivity contribution in [2.24, 2.45) is 0 Å². The van der Waals surface area contributed by atoms with Gasteiger partial charge in [0.1, 0.15) is 5.75 Å². The van der Waals surface area contributed by atoms with Crippen LogP contribution >= 0.6 is 23.4 Å². The highest BCUT2D eigenvalue weighted by Crippen LogP contribution is 2.23. The Labute approximate surface area is 165 Å². The maximum Gasteiger partial charge on any atom is 0.230 e. The van der Waals surface area contributed by atoms with Gasteiger partial charge in [-0.15, -0.1) is 10.2 Å². The van der Waals surface area contributed by atoms with Gasteiger partial charge >= 0.3 is 0 Å². The Balaban J connectivity index is 1.54. The van der Waals surface area contributed by atoms with Crippen LogP contribution in [0.1, 0.15) is 5.56 Å². The number of aromatic nitrogens is 3. The molecule has 0 unspecified atom stereocenters. The molecule has 1 heterocycles. The Bertz CT molecular complexity index is 930. The van der Waals surface area contributed by atoms with Crippen LogP contribution < -0.4 is 15.9 Å². The maximum atomic E-state index is 12.1. The highest BCUT2D eigenvalue weighted by molar-refractivity contribution is 7.99. The molecule has 0 saturated carbocycles. The van der Waals surface area contributed by atoms with Gasteiger partial charge in [0.15, 0.2) is 5.82 Å². The summed E-state index contributed by atoms with van der Waals surface area (Å²) >= 11 is 7.21. The summed E-state index contributed by atoms with van der Waals surface area (Å²) in [7, 11) is 1.61. The van der Waals surface area contributed by atoms with Crippen LogP contribution in [0.3, 0.4) is 0 Å². The number of nitrogens with two attached hydrogens (primary N) is 1. The van der Waals surface area contributed by atoms with Crippen molar-refractivity contribution in [1.82, 2.24) is 20.2 Å². The Morgan fingerprint density at radius 1 is 1.26 bits per heavy atom. The lowest BCUT2D eigenvalue weighted by atomic mass is 10.2. The molecule has 3 N–H and O–H groups in total. The highest BCUT2D eigenvalue weighted by atomic mass is 35.5. The van der Waals surface area contributed by atoms with Crippen LogP contribution in [0, 0.1) is 0 Å². The van der Waals surface area contributed by atoms with E-state index in [0.717, 1.165) is 16.9 Å². The van der Waals surface area contributed by atoms with Crippen molar-refractivity contribution < 1.29 is 9.53 Å². The van der Waals surface area contributed by atoms with Gasteiger partial charge in [-0.3, -0.25) is 4.79 Å². The van der Waals surface area contributed by atoms with E-state index in [2.05, 4.69) is 15.5 Å². The molecule has 140 valence electrons. The minimum absolute atomic E-state index is 0.122. The second-order valence-electron chi connectivity index (χ2n) is 5.60. The van der Waals surface area contributed by atoms with Gasteiger partial charge in [0.05, 0.1) is 12.9 Å². The lowest BCUT2D eigenvalue weighted by molar-refractivity contribution is -0.118. The van der Waals surface area contributed by atoms with Crippen molar-refractivity contribution >= 4 is 29.3 Å². The minimum atomic E-state index is -0.122. The first-order valence-corrected chi connectivity index (χ1v) is 9.42. The van der Waals surface area contributed by atoms with Gasteiger partial charge < -0.3 is 15.9 Å². The van der Waals surface area contributed by atoms with Crippen molar-refractivity contribution in [3.63, 3.8) is 0 Å². The second kappa shape index (κ2) is 8.79. The molecule has 7 nitrogen and oxygen atoms in total. The molecule has 1 amide bonds. The largest absolute Gasteiger partial charge is 0.497 e. The molecule has 27 heavy (non-hydrogen) atoms. The highest BCUT2D eigenvalue weighted by Gasteiger charge is 2.14. The van der Waals surface area contributed by atoms with Crippen LogP contribution in [0.2, 0.25) is 5.02 Å². The topological polar surface area (TPSA) is 95.1 Å². The molecule has 9 heteroatoms. The van der Waals surface area contributed by atoms with Crippen molar-refractivity contribution in [3.8, 4) is 17.1 Å². The maximum absolute atomic E-state index is 12.1. The van der Waals surface area contributed by atoms with Crippen molar-refractivity contribution in [3.05, 3.63) is 59.1 Å². The molecule has 3 rings (SSSR count). The smallest absolute Gasteiger partial charge is 0.230 e. The first kappa shape index (κ1) is 19.1. The summed E-state index contributed by atoms with van der Waals surface area (Å²) in [6, 6.07) is 14.7. The molecular weight excluding hydrogens is 386 g/mol. The number of methoxy groups -OCH3 is 1. The van der Waals surface area contributed by atoms with Gasteiger partial charge in [0, 0.05) is 17.1 Å². The third-order valence-corrected chi connectivity index (χ3v) is 4.91. The molecular formula is C18H18ClN5O2S. The Hall–Kier alpha value is -2.71. The molecule has 2 aromatic carbocycles. The summed E-state index contributed by atoms with van der Waals surface area (Å²) in [4.78, 5) is 12.1. The van der Waals surface area contributed by atoms with Crippen LogP contribution in [0.5, 0.6) is 5.75 Å². The van der Waals surface area contributed by atoms with E-state index in [9.17, 15) is 4.79 Å². The predicted molar refractivity (Wildman–Crippen MR) is 106 cm³/mol. The summed E-state index contributed by atoms with van der Waals surface area (Å²) in [5, 5.41) is 12.0. The lowest BCUT2D eigenvalue weighted by Crippen LogP contribution is -2.25. The van der Waals surface area contributed by atoms with Crippen LogP contribution in [0.25, 0.3) is 11.4 Å². The first-order valence-electron chi connectivity index (χ1n) is 8.05. The number of benzene rings is 2. The van der Waals surface area contributed by atoms with E-state index < -0.39 is 0 Å². The van der Waals surface area contributed by atoms with Gasteiger partial charge in [-0.05, 0) is 29.8 Å². The Kier molecular flexibility index (Phi) is 6.20. The molecule has 3 aromatic rings. The number of thioether (sulfide) groups is 1. The van der Waals surface area contributed by atoms with E-state index in [1.54, 1.807) is 19.2 Å². The summed E-state index contributed by atoms with van der Waals surface area (Å²) in [6.07, 6.45) is 0. The minimum Gasteiger partial charge on any atom is -0.497 e. The number of hydrogen-bond donors (Lipinski definition) is 2. The Morgan fingerprint density at radius 3 is 2.74 bits per heavy atom. The zero-order chi connectivity index (χ0) is 19.2. The monoisotopic (exact) mass is 403 g/mol. The Morgan fingerprint density at radius 2 is 2.04 bits per heavy atom. The number of nitrogens with zero attached hydrogens (tertiary/aromatic N) is 3. The van der Waals surface area contributed by atoms with Crippen molar-refractivity contribution in [2.75, 3.05) is 18.7 Å². The number of hydrogen-bond acceptors (Lipinski definition) is 6. The first-order chi connectivity index (χ1) is 13.1. The van der Waals surface area contributed by atoms with E-state index in [1.807, 2.05) is 36.4 Å². The van der Waals surface area contributed by atoms with Crippen LogP contribution in [0.15, 0.2) is 53.7 Å². The summed E-state index contributed by atoms with van der Waals surface area (Å²) < 4.78 is 6.46. The van der Waals surface area contributed by atoms with E-state index in [0.29, 0.717) is 22.5 Å². The zero-order valence-corrected chi connectivity index (χ0v) is 16.1. The van der Waals surface area contributed by atoms with Gasteiger partial charge in [-0.25, -0.2) is 4.68 Å². The fourth-order valence-corrected chi connectivity index (χ4v) is 3.20. The van der Waals surface area contributed by atoms with Gasteiger partial charge in [0.2, 0.25) is 11.1 Å². The molecule has 1 aromatic heterocycles. The zero-order valence-electron chi connectivity index (χ0n) is 14.6. The number of ether oxygens (including phenoxy) is 1. The van der Waals surface area contributed by atoms with E-state index in [1.165, 1.54) is 16.4 Å². The number of carbonyl (C=O) groups excluding carboxylic acids is 1. The molecule has 0 fully saturated rings. The predicted octanol–water partition coefficient (Wildman–Crippen LogP) is 2.73. The lowest BCUT2D eigenvalue weighted by Gasteiger charge is -2.06.